The van der Waals surface area contributed by atoms with E-state index in [0.717, 1.165) is 19.3 Å². The summed E-state index contributed by atoms with van der Waals surface area (Å²) < 4.78 is 47.1. The van der Waals surface area contributed by atoms with Crippen LogP contribution >= 0.6 is 0 Å². The summed E-state index contributed by atoms with van der Waals surface area (Å²) in [5.41, 5.74) is 1.50. The van der Waals surface area contributed by atoms with Crippen LogP contribution in [-0.4, -0.2) is 31.7 Å². The molecule has 1 aliphatic heterocycles. The molecule has 1 amide bonds. The Hall–Kier alpha value is -2.71. The lowest BCUT2D eigenvalue weighted by atomic mass is 10.1. The fourth-order valence-corrected chi connectivity index (χ4v) is 5.58. The molecule has 3 aromatic rings. The molecule has 6 nitrogen and oxygen atoms in total. The van der Waals surface area contributed by atoms with Crippen molar-refractivity contribution in [1.82, 2.24) is 4.31 Å². The van der Waals surface area contributed by atoms with Crippen LogP contribution in [0.3, 0.4) is 0 Å². The summed E-state index contributed by atoms with van der Waals surface area (Å²) in [4.78, 5) is 13.0. The monoisotopic (exact) mass is 430 g/mol. The van der Waals surface area contributed by atoms with Gasteiger partial charge in [-0.25, -0.2) is 12.8 Å². The first-order valence-electron chi connectivity index (χ1n) is 9.89. The van der Waals surface area contributed by atoms with Gasteiger partial charge in [0.05, 0.1) is 4.90 Å². The Labute approximate surface area is 174 Å². The van der Waals surface area contributed by atoms with E-state index in [0.29, 0.717) is 35.3 Å². The number of rotatable bonds is 4. The van der Waals surface area contributed by atoms with Gasteiger partial charge in [-0.05, 0) is 50.5 Å². The van der Waals surface area contributed by atoms with Gasteiger partial charge in [-0.2, -0.15) is 4.31 Å². The maximum atomic E-state index is 14.0. The van der Waals surface area contributed by atoms with Gasteiger partial charge < -0.3 is 9.73 Å². The van der Waals surface area contributed by atoms with Gasteiger partial charge in [0, 0.05) is 29.7 Å². The standard InChI is InChI=1S/C22H23FN2O4S/c1-14-9-10-16(13-19(14)30(27,28)25-11-4-3-5-12-25)24-22(26)20-15(2)17-7-6-8-18(23)21(17)29-20/h6-10,13H,3-5,11-12H2,1-2H3,(H,24,26). The minimum absolute atomic E-state index is 0.00360. The number of fused-ring (bicyclic) bond motifs is 1. The molecule has 0 saturated carbocycles. The van der Waals surface area contributed by atoms with Crippen molar-refractivity contribution >= 4 is 32.6 Å². The molecule has 0 atom stereocenters. The normalized spacial score (nSPS) is 15.4. The molecule has 1 saturated heterocycles. The summed E-state index contributed by atoms with van der Waals surface area (Å²) in [6, 6.07) is 9.28. The Morgan fingerprint density at radius 2 is 1.83 bits per heavy atom. The number of aryl methyl sites for hydroxylation is 2. The molecule has 158 valence electrons. The van der Waals surface area contributed by atoms with Crippen molar-refractivity contribution in [1.29, 1.82) is 0 Å². The molecule has 1 aromatic heterocycles. The Balaban J connectivity index is 1.64. The van der Waals surface area contributed by atoms with Gasteiger partial charge in [-0.3, -0.25) is 4.79 Å². The highest BCUT2D eigenvalue weighted by Gasteiger charge is 2.28. The quantitative estimate of drug-likeness (QED) is 0.655. The fraction of sp³-hybridized carbons (Fsp3) is 0.318. The molecule has 2 aromatic carbocycles. The molecule has 0 radical (unpaired) electrons. The number of hydrogen-bond donors (Lipinski definition) is 1. The van der Waals surface area contributed by atoms with Crippen LogP contribution in [-0.2, 0) is 10.0 Å². The lowest BCUT2D eigenvalue weighted by Gasteiger charge is -2.26. The van der Waals surface area contributed by atoms with Crippen LogP contribution in [0, 0.1) is 19.7 Å². The number of nitrogens with one attached hydrogen (secondary N) is 1. The number of furan rings is 1. The molecule has 0 spiro atoms. The summed E-state index contributed by atoms with van der Waals surface area (Å²) in [6.45, 7) is 4.42. The molecular weight excluding hydrogens is 407 g/mol. The molecule has 2 heterocycles. The van der Waals surface area contributed by atoms with E-state index in [1.54, 1.807) is 38.1 Å². The Morgan fingerprint density at radius 1 is 1.10 bits per heavy atom. The summed E-state index contributed by atoms with van der Waals surface area (Å²) in [5, 5.41) is 3.21. The predicted molar refractivity (Wildman–Crippen MR) is 113 cm³/mol. The number of carbonyl (C=O) groups is 1. The zero-order chi connectivity index (χ0) is 21.5. The molecule has 0 aliphatic carbocycles. The van der Waals surface area contributed by atoms with E-state index in [1.807, 2.05) is 0 Å². The van der Waals surface area contributed by atoms with Crippen LogP contribution in [0.4, 0.5) is 10.1 Å². The van der Waals surface area contributed by atoms with Gasteiger partial charge in [0.1, 0.15) is 0 Å². The third kappa shape index (κ3) is 3.61. The Bertz CT molecular complexity index is 1230. The van der Waals surface area contributed by atoms with Crippen molar-refractivity contribution in [3.63, 3.8) is 0 Å². The number of hydrogen-bond acceptors (Lipinski definition) is 4. The SMILES string of the molecule is Cc1ccc(NC(=O)c2oc3c(F)cccc3c2C)cc1S(=O)(=O)N1CCCCC1. The van der Waals surface area contributed by atoms with Crippen molar-refractivity contribution in [2.24, 2.45) is 0 Å². The van der Waals surface area contributed by atoms with Crippen LogP contribution in [0.1, 0.15) is 40.9 Å². The Kier molecular flexibility index (Phi) is 5.38. The fourth-order valence-electron chi connectivity index (χ4n) is 3.81. The van der Waals surface area contributed by atoms with Gasteiger partial charge >= 0.3 is 0 Å². The van der Waals surface area contributed by atoms with Gasteiger partial charge in [0.2, 0.25) is 10.0 Å². The first-order chi connectivity index (χ1) is 14.3. The molecule has 1 aliphatic rings. The van der Waals surface area contributed by atoms with E-state index in [2.05, 4.69) is 5.32 Å². The van der Waals surface area contributed by atoms with E-state index < -0.39 is 21.7 Å². The van der Waals surface area contributed by atoms with E-state index in [1.165, 1.54) is 16.4 Å². The van der Waals surface area contributed by atoms with E-state index in [9.17, 15) is 17.6 Å². The molecule has 4 rings (SSSR count). The second-order valence-corrected chi connectivity index (χ2v) is 9.48. The number of halogens is 1. The van der Waals surface area contributed by atoms with Crippen LogP contribution in [0.2, 0.25) is 0 Å². The van der Waals surface area contributed by atoms with Gasteiger partial charge in [-0.15, -0.1) is 0 Å². The highest BCUT2D eigenvalue weighted by molar-refractivity contribution is 7.89. The minimum atomic E-state index is -3.64. The molecular formula is C22H23FN2O4S. The summed E-state index contributed by atoms with van der Waals surface area (Å²) in [5.74, 6) is -1.11. The smallest absolute Gasteiger partial charge is 0.291 e. The summed E-state index contributed by atoms with van der Waals surface area (Å²) in [6.07, 6.45) is 2.71. The second-order valence-electron chi connectivity index (χ2n) is 7.57. The van der Waals surface area contributed by atoms with Crippen molar-refractivity contribution in [2.75, 3.05) is 18.4 Å². The molecule has 1 fully saturated rings. The first kappa shape index (κ1) is 20.6. The number of benzene rings is 2. The molecule has 0 bridgehead atoms. The summed E-state index contributed by atoms with van der Waals surface area (Å²) in [7, 11) is -3.64. The average Bonchev–Trinajstić information content (AvgIpc) is 3.08. The number of amides is 1. The summed E-state index contributed by atoms with van der Waals surface area (Å²) >= 11 is 0. The predicted octanol–water partition coefficient (Wildman–Crippen LogP) is 4.62. The van der Waals surface area contributed by atoms with Crippen LogP contribution < -0.4 is 5.32 Å². The highest BCUT2D eigenvalue weighted by atomic mass is 32.2. The number of para-hydroxylation sites is 1. The molecule has 8 heteroatoms. The maximum Gasteiger partial charge on any atom is 0.291 e. The van der Waals surface area contributed by atoms with Crippen LogP contribution in [0.25, 0.3) is 11.0 Å². The zero-order valence-corrected chi connectivity index (χ0v) is 17.7. The van der Waals surface area contributed by atoms with Crippen molar-refractivity contribution in [2.45, 2.75) is 38.0 Å². The number of anilines is 1. The third-order valence-corrected chi connectivity index (χ3v) is 7.54. The van der Waals surface area contributed by atoms with Crippen molar-refractivity contribution < 1.29 is 22.0 Å². The van der Waals surface area contributed by atoms with E-state index >= 15 is 0 Å². The van der Waals surface area contributed by atoms with Crippen LogP contribution in [0.15, 0.2) is 45.7 Å². The van der Waals surface area contributed by atoms with Crippen LogP contribution in [0.5, 0.6) is 0 Å². The lowest BCUT2D eigenvalue weighted by molar-refractivity contribution is 0.0997. The molecule has 30 heavy (non-hydrogen) atoms. The van der Waals surface area contributed by atoms with E-state index in [4.69, 9.17) is 4.42 Å². The van der Waals surface area contributed by atoms with Gasteiger partial charge in [0.25, 0.3) is 5.91 Å². The van der Waals surface area contributed by atoms with Gasteiger partial charge in [-0.1, -0.05) is 24.6 Å². The highest BCUT2D eigenvalue weighted by Crippen LogP contribution is 2.29. The maximum absolute atomic E-state index is 14.0. The number of carbonyl (C=O) groups excluding carboxylic acids is 1. The van der Waals surface area contributed by atoms with E-state index in [-0.39, 0.29) is 16.2 Å². The van der Waals surface area contributed by atoms with Crippen molar-refractivity contribution in [3.05, 3.63) is 59.1 Å². The largest absolute Gasteiger partial charge is 0.448 e. The number of piperidine rings is 1. The third-order valence-electron chi connectivity index (χ3n) is 5.50. The zero-order valence-electron chi connectivity index (χ0n) is 16.9. The molecule has 1 N–H and O–H groups in total. The molecule has 0 unspecified atom stereocenters. The number of nitrogens with zero attached hydrogens (tertiary/aromatic N) is 1. The topological polar surface area (TPSA) is 79.6 Å². The lowest BCUT2D eigenvalue weighted by Crippen LogP contribution is -2.36. The van der Waals surface area contributed by atoms with Gasteiger partial charge in [0.15, 0.2) is 17.2 Å². The van der Waals surface area contributed by atoms with Crippen molar-refractivity contribution in [3.8, 4) is 0 Å². The second kappa shape index (κ2) is 7.85. The number of sulfonamides is 1. The first-order valence-corrected chi connectivity index (χ1v) is 11.3. The average molecular weight is 431 g/mol. The Morgan fingerprint density at radius 3 is 2.53 bits per heavy atom. The minimum Gasteiger partial charge on any atom is -0.448 e.